The molecule has 90 valence electrons. The minimum atomic E-state index is 0.194. The highest BCUT2D eigenvalue weighted by molar-refractivity contribution is 7.09. The van der Waals surface area contributed by atoms with Crippen LogP contribution in [0.2, 0.25) is 0 Å². The molecular formula is C12H20N2OS. The van der Waals surface area contributed by atoms with Gasteiger partial charge in [0.25, 0.3) is 0 Å². The molecule has 1 heterocycles. The molecular weight excluding hydrogens is 220 g/mol. The molecule has 0 spiro atoms. The lowest BCUT2D eigenvalue weighted by Crippen LogP contribution is -2.41. The topological polar surface area (TPSA) is 48.1 Å². The summed E-state index contributed by atoms with van der Waals surface area (Å²) < 4.78 is 5.50. The molecule has 3 nitrogen and oxygen atoms in total. The minimum absolute atomic E-state index is 0.194. The van der Waals surface area contributed by atoms with Crippen LogP contribution in [-0.4, -0.2) is 18.1 Å². The van der Waals surface area contributed by atoms with Crippen molar-refractivity contribution in [3.05, 3.63) is 16.1 Å². The Labute approximate surface area is 101 Å². The molecule has 0 radical (unpaired) electrons. The Hall–Kier alpha value is -0.450. The smallest absolute Gasteiger partial charge is 0.119 e. The van der Waals surface area contributed by atoms with Crippen LogP contribution in [0.3, 0.4) is 0 Å². The van der Waals surface area contributed by atoms with E-state index in [1.165, 1.54) is 25.0 Å². The van der Waals surface area contributed by atoms with Gasteiger partial charge in [-0.1, -0.05) is 13.3 Å². The number of hydrogen-bond donors (Lipinski definition) is 1. The number of nitrogens with two attached hydrogens (primary N) is 1. The van der Waals surface area contributed by atoms with Gasteiger partial charge in [0.15, 0.2) is 0 Å². The lowest BCUT2D eigenvalue weighted by Gasteiger charge is -2.39. The Balaban J connectivity index is 1.96. The van der Waals surface area contributed by atoms with Crippen molar-refractivity contribution >= 4 is 11.3 Å². The van der Waals surface area contributed by atoms with Crippen molar-refractivity contribution < 1.29 is 4.74 Å². The Morgan fingerprint density at radius 1 is 1.56 bits per heavy atom. The third kappa shape index (κ3) is 2.29. The molecule has 4 heteroatoms. The van der Waals surface area contributed by atoms with E-state index in [9.17, 15) is 0 Å². The van der Waals surface area contributed by atoms with E-state index in [-0.39, 0.29) is 5.41 Å². The summed E-state index contributed by atoms with van der Waals surface area (Å²) in [5.41, 5.74) is 7.25. The summed E-state index contributed by atoms with van der Waals surface area (Å²) in [4.78, 5) is 4.66. The second-order valence-corrected chi connectivity index (χ2v) is 5.46. The van der Waals surface area contributed by atoms with Crippen molar-refractivity contribution in [2.75, 3.05) is 13.2 Å². The molecule has 0 aliphatic heterocycles. The Morgan fingerprint density at radius 3 is 2.94 bits per heavy atom. The molecule has 0 bridgehead atoms. The average Bonchev–Trinajstić information content (AvgIpc) is 2.67. The maximum absolute atomic E-state index is 5.87. The van der Waals surface area contributed by atoms with Crippen molar-refractivity contribution in [2.45, 2.75) is 44.6 Å². The zero-order valence-corrected chi connectivity index (χ0v) is 10.7. The molecule has 16 heavy (non-hydrogen) atoms. The molecule has 1 fully saturated rings. The van der Waals surface area contributed by atoms with Crippen LogP contribution in [0.1, 0.15) is 43.3 Å². The van der Waals surface area contributed by atoms with Gasteiger partial charge >= 0.3 is 0 Å². The van der Waals surface area contributed by atoms with Crippen LogP contribution >= 0.6 is 11.3 Å². The molecule has 0 aromatic carbocycles. The predicted octanol–water partition coefficient (Wildman–Crippen LogP) is 2.45. The fraction of sp³-hybridized carbons (Fsp3) is 0.750. The summed E-state index contributed by atoms with van der Waals surface area (Å²) in [6.45, 7) is 4.31. The highest BCUT2D eigenvalue weighted by atomic mass is 32.1. The zero-order chi connectivity index (χ0) is 11.4. The third-order valence-electron chi connectivity index (χ3n) is 3.37. The third-order valence-corrected chi connectivity index (χ3v) is 4.19. The van der Waals surface area contributed by atoms with Crippen LogP contribution in [0.4, 0.5) is 0 Å². The summed E-state index contributed by atoms with van der Waals surface area (Å²) in [5, 5.41) is 3.25. The van der Waals surface area contributed by atoms with Gasteiger partial charge in [-0.15, -0.1) is 11.3 Å². The number of thiazole rings is 1. The molecule has 0 unspecified atom stereocenters. The van der Waals surface area contributed by atoms with Gasteiger partial charge in [-0.05, 0) is 19.3 Å². The standard InChI is InChI=1S/C12H20N2OS/c1-2-6-15-7-11-14-10(8-16-11)12(9-13)4-3-5-12/h8H,2-7,9,13H2,1H3. The Morgan fingerprint density at radius 2 is 2.38 bits per heavy atom. The normalized spacial score (nSPS) is 18.4. The number of ether oxygens (including phenoxy) is 1. The first kappa shape index (κ1) is 12.0. The van der Waals surface area contributed by atoms with E-state index in [1.54, 1.807) is 11.3 Å². The molecule has 1 saturated carbocycles. The van der Waals surface area contributed by atoms with Gasteiger partial charge in [0.1, 0.15) is 5.01 Å². The highest BCUT2D eigenvalue weighted by Crippen LogP contribution is 2.42. The van der Waals surface area contributed by atoms with Crippen molar-refractivity contribution in [2.24, 2.45) is 5.73 Å². The fourth-order valence-corrected chi connectivity index (χ4v) is 2.95. The largest absolute Gasteiger partial charge is 0.374 e. The molecule has 1 aromatic rings. The monoisotopic (exact) mass is 240 g/mol. The second kappa shape index (κ2) is 5.25. The summed E-state index contributed by atoms with van der Waals surface area (Å²) >= 11 is 1.70. The van der Waals surface area contributed by atoms with E-state index in [0.717, 1.165) is 24.6 Å². The van der Waals surface area contributed by atoms with Crippen molar-refractivity contribution in [3.63, 3.8) is 0 Å². The number of aromatic nitrogens is 1. The first-order chi connectivity index (χ1) is 7.80. The lowest BCUT2D eigenvalue weighted by atomic mass is 9.67. The van der Waals surface area contributed by atoms with Crippen LogP contribution in [-0.2, 0) is 16.8 Å². The molecule has 0 amide bonds. The van der Waals surface area contributed by atoms with Gasteiger partial charge < -0.3 is 10.5 Å². The van der Waals surface area contributed by atoms with E-state index >= 15 is 0 Å². The van der Waals surface area contributed by atoms with Crippen molar-refractivity contribution in [3.8, 4) is 0 Å². The first-order valence-corrected chi connectivity index (χ1v) is 6.91. The quantitative estimate of drug-likeness (QED) is 0.777. The maximum atomic E-state index is 5.87. The molecule has 0 atom stereocenters. The molecule has 1 aromatic heterocycles. The Kier molecular flexibility index (Phi) is 3.95. The maximum Gasteiger partial charge on any atom is 0.119 e. The lowest BCUT2D eigenvalue weighted by molar-refractivity contribution is 0.121. The summed E-state index contributed by atoms with van der Waals surface area (Å²) in [6.07, 6.45) is 4.74. The van der Waals surface area contributed by atoms with Gasteiger partial charge in [-0.2, -0.15) is 0 Å². The van der Waals surface area contributed by atoms with Gasteiger partial charge in [0, 0.05) is 23.9 Å². The fourth-order valence-electron chi connectivity index (χ4n) is 2.09. The van der Waals surface area contributed by atoms with Gasteiger partial charge in [-0.25, -0.2) is 4.98 Å². The predicted molar refractivity (Wildman–Crippen MR) is 66.6 cm³/mol. The van der Waals surface area contributed by atoms with E-state index < -0.39 is 0 Å². The van der Waals surface area contributed by atoms with Crippen LogP contribution in [0.15, 0.2) is 5.38 Å². The van der Waals surface area contributed by atoms with Crippen LogP contribution in [0, 0.1) is 0 Å². The summed E-state index contributed by atoms with van der Waals surface area (Å²) in [5.74, 6) is 0. The zero-order valence-electron chi connectivity index (χ0n) is 9.87. The van der Waals surface area contributed by atoms with Gasteiger partial charge in [0.05, 0.1) is 12.3 Å². The van der Waals surface area contributed by atoms with Crippen LogP contribution in [0.25, 0.3) is 0 Å². The minimum Gasteiger partial charge on any atom is -0.374 e. The Bertz CT molecular complexity index is 328. The number of rotatable bonds is 6. The molecule has 1 aliphatic rings. The molecule has 2 N–H and O–H groups in total. The molecule has 1 aliphatic carbocycles. The molecule has 2 rings (SSSR count). The SMILES string of the molecule is CCCOCc1nc(C2(CN)CCC2)cs1. The van der Waals surface area contributed by atoms with Crippen LogP contribution in [0.5, 0.6) is 0 Å². The van der Waals surface area contributed by atoms with Gasteiger partial charge in [-0.3, -0.25) is 0 Å². The summed E-state index contributed by atoms with van der Waals surface area (Å²) in [6, 6.07) is 0. The van der Waals surface area contributed by atoms with E-state index in [0.29, 0.717) is 6.61 Å². The average molecular weight is 240 g/mol. The van der Waals surface area contributed by atoms with E-state index in [4.69, 9.17) is 10.5 Å². The van der Waals surface area contributed by atoms with E-state index in [2.05, 4.69) is 17.3 Å². The van der Waals surface area contributed by atoms with Gasteiger partial charge in [0.2, 0.25) is 0 Å². The molecule has 0 saturated heterocycles. The van der Waals surface area contributed by atoms with Crippen molar-refractivity contribution in [1.29, 1.82) is 0 Å². The second-order valence-electron chi connectivity index (χ2n) is 4.52. The number of hydrogen-bond acceptors (Lipinski definition) is 4. The highest BCUT2D eigenvalue weighted by Gasteiger charge is 2.39. The van der Waals surface area contributed by atoms with Crippen LogP contribution < -0.4 is 5.73 Å². The van der Waals surface area contributed by atoms with E-state index in [1.807, 2.05) is 0 Å². The number of nitrogens with zero attached hydrogens (tertiary/aromatic N) is 1. The summed E-state index contributed by atoms with van der Waals surface area (Å²) in [7, 11) is 0. The first-order valence-electron chi connectivity index (χ1n) is 6.03. The van der Waals surface area contributed by atoms with Crippen molar-refractivity contribution in [1.82, 2.24) is 4.98 Å².